The molecule has 1 fully saturated rings. The van der Waals surface area contributed by atoms with Crippen molar-refractivity contribution < 1.29 is 14.7 Å². The lowest BCUT2D eigenvalue weighted by Crippen LogP contribution is -2.50. The Labute approximate surface area is 128 Å². The molecule has 1 aliphatic rings. The Balaban J connectivity index is 2.47. The van der Waals surface area contributed by atoms with Gasteiger partial charge in [0, 0.05) is 19.1 Å². The molecule has 122 valence electrons. The Morgan fingerprint density at radius 2 is 1.95 bits per heavy atom. The van der Waals surface area contributed by atoms with Crippen molar-refractivity contribution in [2.75, 3.05) is 13.1 Å². The highest BCUT2D eigenvalue weighted by atomic mass is 16.4. The number of aliphatic carboxylic acids is 1. The molecule has 0 saturated heterocycles. The molecule has 2 amide bonds. The number of hydrogen-bond donors (Lipinski definition) is 2. The van der Waals surface area contributed by atoms with E-state index >= 15 is 0 Å². The second kappa shape index (κ2) is 8.25. The Morgan fingerprint density at radius 1 is 1.29 bits per heavy atom. The van der Waals surface area contributed by atoms with Crippen LogP contribution in [0.3, 0.4) is 0 Å². The molecule has 0 spiro atoms. The van der Waals surface area contributed by atoms with E-state index in [2.05, 4.69) is 12.2 Å². The van der Waals surface area contributed by atoms with E-state index in [9.17, 15) is 9.59 Å². The number of carbonyl (C=O) groups is 2. The lowest BCUT2D eigenvalue weighted by molar-refractivity contribution is -0.141. The molecule has 1 saturated carbocycles. The summed E-state index contributed by atoms with van der Waals surface area (Å²) in [5.74, 6) is -0.771. The van der Waals surface area contributed by atoms with Crippen molar-refractivity contribution in [1.29, 1.82) is 0 Å². The summed E-state index contributed by atoms with van der Waals surface area (Å²) >= 11 is 0. The third-order valence-corrected chi connectivity index (χ3v) is 4.44. The van der Waals surface area contributed by atoms with E-state index in [0.29, 0.717) is 6.54 Å². The average Bonchev–Trinajstić information content (AvgIpc) is 2.36. The van der Waals surface area contributed by atoms with Crippen LogP contribution in [-0.4, -0.2) is 41.1 Å². The van der Waals surface area contributed by atoms with Crippen molar-refractivity contribution >= 4 is 12.0 Å². The summed E-state index contributed by atoms with van der Waals surface area (Å²) in [6, 6.07) is 0.108. The summed E-state index contributed by atoms with van der Waals surface area (Å²) in [6.07, 6.45) is 6.30. The van der Waals surface area contributed by atoms with Crippen molar-refractivity contribution in [3.63, 3.8) is 0 Å². The second-order valence-electron chi connectivity index (χ2n) is 6.58. The smallest absolute Gasteiger partial charge is 0.317 e. The number of carboxylic acids is 1. The maximum Gasteiger partial charge on any atom is 0.317 e. The van der Waals surface area contributed by atoms with E-state index < -0.39 is 5.97 Å². The zero-order chi connectivity index (χ0) is 15.9. The van der Waals surface area contributed by atoms with E-state index in [-0.39, 0.29) is 23.9 Å². The van der Waals surface area contributed by atoms with Crippen LogP contribution in [0.1, 0.15) is 65.7 Å². The summed E-state index contributed by atoms with van der Waals surface area (Å²) in [4.78, 5) is 25.1. The quantitative estimate of drug-likeness (QED) is 0.642. The molecule has 0 atom stereocenters. The van der Waals surface area contributed by atoms with Crippen LogP contribution >= 0.6 is 0 Å². The van der Waals surface area contributed by atoms with E-state index in [1.54, 1.807) is 0 Å². The normalized spacial score (nSPS) is 16.4. The van der Waals surface area contributed by atoms with Gasteiger partial charge >= 0.3 is 12.0 Å². The molecule has 1 aliphatic carbocycles. The predicted octanol–water partition coefficient (Wildman–Crippen LogP) is 3.24. The Bertz CT molecular complexity index is 351. The predicted molar refractivity (Wildman–Crippen MR) is 83.3 cm³/mol. The first kappa shape index (κ1) is 17.8. The van der Waals surface area contributed by atoms with Gasteiger partial charge in [-0.2, -0.15) is 0 Å². The van der Waals surface area contributed by atoms with Crippen LogP contribution < -0.4 is 5.32 Å². The van der Waals surface area contributed by atoms with Gasteiger partial charge in [0.25, 0.3) is 0 Å². The van der Waals surface area contributed by atoms with Gasteiger partial charge < -0.3 is 15.3 Å². The van der Waals surface area contributed by atoms with Crippen LogP contribution in [0.25, 0.3) is 0 Å². The number of amides is 2. The molecule has 1 rings (SSSR count). The van der Waals surface area contributed by atoms with Crippen LogP contribution in [0.4, 0.5) is 4.79 Å². The van der Waals surface area contributed by atoms with E-state index in [0.717, 1.165) is 45.1 Å². The molecule has 5 nitrogen and oxygen atoms in total. The molecule has 2 N–H and O–H groups in total. The molecule has 0 aliphatic heterocycles. The minimum atomic E-state index is -0.771. The standard InChI is InChI=1S/C16H30N2O3/c1-4-5-6-10-18(13(2)3)15(21)17-12-16(8-7-9-16)11-14(19)20/h13H,4-12H2,1-3H3,(H,17,21)(H,19,20). The second-order valence-corrected chi connectivity index (χ2v) is 6.58. The van der Waals surface area contributed by atoms with Gasteiger partial charge in [-0.05, 0) is 38.5 Å². The molecule has 0 bridgehead atoms. The number of hydrogen-bond acceptors (Lipinski definition) is 2. The number of nitrogens with one attached hydrogen (secondary N) is 1. The molecule has 0 unspecified atom stereocenters. The third kappa shape index (κ3) is 5.56. The lowest BCUT2D eigenvalue weighted by Gasteiger charge is -2.41. The van der Waals surface area contributed by atoms with Crippen LogP contribution in [0.15, 0.2) is 0 Å². The number of unbranched alkanes of at least 4 members (excludes halogenated alkanes) is 2. The first-order valence-electron chi connectivity index (χ1n) is 8.16. The van der Waals surface area contributed by atoms with E-state index in [1.807, 2.05) is 18.7 Å². The highest BCUT2D eigenvalue weighted by Crippen LogP contribution is 2.43. The Hall–Kier alpha value is -1.26. The Morgan fingerprint density at radius 3 is 2.38 bits per heavy atom. The largest absolute Gasteiger partial charge is 0.481 e. The van der Waals surface area contributed by atoms with Gasteiger partial charge in [0.05, 0.1) is 6.42 Å². The fourth-order valence-electron chi connectivity index (χ4n) is 2.90. The van der Waals surface area contributed by atoms with E-state index in [1.165, 1.54) is 0 Å². The minimum Gasteiger partial charge on any atom is -0.481 e. The SMILES string of the molecule is CCCCCN(C(=O)NCC1(CC(=O)O)CCC1)C(C)C. The monoisotopic (exact) mass is 298 g/mol. The number of urea groups is 1. The number of nitrogens with zero attached hydrogens (tertiary/aromatic N) is 1. The zero-order valence-corrected chi connectivity index (χ0v) is 13.7. The van der Waals surface area contributed by atoms with Gasteiger partial charge in [0.15, 0.2) is 0 Å². The Kier molecular flexibility index (Phi) is 6.99. The van der Waals surface area contributed by atoms with Crippen LogP contribution in [0, 0.1) is 5.41 Å². The topological polar surface area (TPSA) is 69.6 Å². The van der Waals surface area contributed by atoms with Crippen molar-refractivity contribution in [2.24, 2.45) is 5.41 Å². The summed E-state index contributed by atoms with van der Waals surface area (Å²) in [6.45, 7) is 7.42. The molecule has 0 aromatic rings. The van der Waals surface area contributed by atoms with Gasteiger partial charge in [-0.15, -0.1) is 0 Å². The third-order valence-electron chi connectivity index (χ3n) is 4.44. The first-order chi connectivity index (χ1) is 9.90. The molecular weight excluding hydrogens is 268 g/mol. The van der Waals surface area contributed by atoms with Crippen LogP contribution in [0.5, 0.6) is 0 Å². The van der Waals surface area contributed by atoms with Gasteiger partial charge in [0.2, 0.25) is 0 Å². The van der Waals surface area contributed by atoms with Crippen molar-refractivity contribution in [2.45, 2.75) is 71.8 Å². The van der Waals surface area contributed by atoms with Gasteiger partial charge in [0.1, 0.15) is 0 Å². The summed E-state index contributed by atoms with van der Waals surface area (Å²) in [7, 11) is 0. The minimum absolute atomic E-state index is 0.0576. The van der Waals surface area contributed by atoms with Crippen molar-refractivity contribution in [3.05, 3.63) is 0 Å². The number of carbonyl (C=O) groups excluding carboxylic acids is 1. The average molecular weight is 298 g/mol. The fourth-order valence-corrected chi connectivity index (χ4v) is 2.90. The van der Waals surface area contributed by atoms with E-state index in [4.69, 9.17) is 5.11 Å². The molecule has 5 heteroatoms. The van der Waals surface area contributed by atoms with Gasteiger partial charge in [-0.3, -0.25) is 4.79 Å². The summed E-state index contributed by atoms with van der Waals surface area (Å²) in [5, 5.41) is 12.0. The maximum absolute atomic E-state index is 12.3. The van der Waals surface area contributed by atoms with Crippen molar-refractivity contribution in [3.8, 4) is 0 Å². The van der Waals surface area contributed by atoms with Crippen LogP contribution in [-0.2, 0) is 4.79 Å². The highest BCUT2D eigenvalue weighted by Gasteiger charge is 2.39. The number of carboxylic acid groups (broad SMARTS) is 1. The maximum atomic E-state index is 12.3. The fraction of sp³-hybridized carbons (Fsp3) is 0.875. The summed E-state index contributed by atoms with van der Waals surface area (Å²) in [5.41, 5.74) is -0.215. The molecule has 0 radical (unpaired) electrons. The zero-order valence-electron chi connectivity index (χ0n) is 13.7. The molecule has 0 aromatic carbocycles. The summed E-state index contributed by atoms with van der Waals surface area (Å²) < 4.78 is 0. The molecule has 0 heterocycles. The molecule has 21 heavy (non-hydrogen) atoms. The number of rotatable bonds is 9. The molecule has 0 aromatic heterocycles. The van der Waals surface area contributed by atoms with Gasteiger partial charge in [-0.1, -0.05) is 26.2 Å². The van der Waals surface area contributed by atoms with Crippen molar-refractivity contribution in [1.82, 2.24) is 10.2 Å². The molecular formula is C16H30N2O3. The first-order valence-corrected chi connectivity index (χ1v) is 8.16. The van der Waals surface area contributed by atoms with Gasteiger partial charge in [-0.25, -0.2) is 4.79 Å². The highest BCUT2D eigenvalue weighted by molar-refractivity contribution is 5.74. The van der Waals surface area contributed by atoms with Crippen LogP contribution in [0.2, 0.25) is 0 Å². The lowest BCUT2D eigenvalue weighted by atomic mass is 9.66.